The zero-order chi connectivity index (χ0) is 11.9. The van der Waals surface area contributed by atoms with E-state index in [9.17, 15) is 8.78 Å². The lowest BCUT2D eigenvalue weighted by atomic mass is 10.3. The summed E-state index contributed by atoms with van der Waals surface area (Å²) in [6, 6.07) is 0.715. The van der Waals surface area contributed by atoms with Crippen molar-refractivity contribution < 1.29 is 8.78 Å². The summed E-state index contributed by atoms with van der Waals surface area (Å²) in [5, 5.41) is 0. The summed E-state index contributed by atoms with van der Waals surface area (Å²) in [6.45, 7) is 3.56. The Kier molecular flexibility index (Phi) is 2.34. The normalized spacial score (nSPS) is 10.8. The summed E-state index contributed by atoms with van der Waals surface area (Å²) in [6.07, 6.45) is 1.42. The van der Waals surface area contributed by atoms with Crippen LogP contribution in [0.2, 0.25) is 0 Å². The fraction of sp³-hybridized carbons (Fsp3) is 0.200. The average molecular weight is 224 g/mol. The van der Waals surface area contributed by atoms with E-state index in [0.717, 1.165) is 11.4 Å². The molecule has 0 saturated carbocycles. The van der Waals surface area contributed by atoms with Crippen LogP contribution >= 0.6 is 0 Å². The first kappa shape index (κ1) is 10.5. The van der Waals surface area contributed by atoms with Crippen molar-refractivity contribution in [2.24, 2.45) is 0 Å². The number of aryl methyl sites for hydroxylation is 1. The molecule has 2 rings (SSSR count). The molecule has 0 fully saturated rings. The van der Waals surface area contributed by atoms with Crippen molar-refractivity contribution in [2.45, 2.75) is 13.8 Å². The maximum atomic E-state index is 13.5. The molecular weight excluding hydrogens is 214 g/mol. The Morgan fingerprint density at radius 1 is 1.25 bits per heavy atom. The Morgan fingerprint density at radius 3 is 2.50 bits per heavy atom. The molecule has 0 saturated heterocycles. The van der Waals surface area contributed by atoms with Crippen molar-refractivity contribution in [3.63, 3.8) is 0 Å². The molecule has 2 aromatic rings. The Bertz CT molecular complexity index is 548. The van der Waals surface area contributed by atoms with Crippen LogP contribution in [0.25, 0.3) is 5.82 Å². The molecule has 0 aliphatic carbocycles. The van der Waals surface area contributed by atoms with Gasteiger partial charge in [0.15, 0.2) is 23.3 Å². The molecule has 0 atom stereocenters. The molecule has 0 radical (unpaired) electrons. The maximum Gasteiger partial charge on any atom is 0.176 e. The lowest BCUT2D eigenvalue weighted by molar-refractivity contribution is 0.569. The van der Waals surface area contributed by atoms with Gasteiger partial charge in [-0.25, -0.2) is 18.7 Å². The number of hydrogen-bond donors (Lipinski definition) is 1. The Labute approximate surface area is 90.7 Å². The molecule has 84 valence electrons. The van der Waals surface area contributed by atoms with E-state index in [1.807, 2.05) is 0 Å². The summed E-state index contributed by atoms with van der Waals surface area (Å²) < 4.78 is 27.9. The highest BCUT2D eigenvalue weighted by Gasteiger charge is 2.13. The van der Waals surface area contributed by atoms with E-state index in [1.54, 1.807) is 13.8 Å². The maximum absolute atomic E-state index is 13.5. The molecule has 0 aliphatic rings. The third-order valence-corrected chi connectivity index (χ3v) is 2.42. The van der Waals surface area contributed by atoms with Gasteiger partial charge < -0.3 is 5.73 Å². The number of nitrogens with zero attached hydrogens (tertiary/aromatic N) is 3. The second kappa shape index (κ2) is 3.55. The van der Waals surface area contributed by atoms with Crippen molar-refractivity contribution in [3.05, 3.63) is 35.4 Å². The van der Waals surface area contributed by atoms with Gasteiger partial charge in [0.25, 0.3) is 0 Å². The predicted octanol–water partition coefficient (Wildman–Crippen LogP) is 1.74. The van der Waals surface area contributed by atoms with Crippen molar-refractivity contribution >= 4 is 5.82 Å². The lowest BCUT2D eigenvalue weighted by Crippen LogP contribution is -2.06. The molecular formula is C10H10F2N4. The number of nitrogens with two attached hydrogens (primary N) is 1. The summed E-state index contributed by atoms with van der Waals surface area (Å²) in [5.41, 5.74) is 6.78. The summed E-state index contributed by atoms with van der Waals surface area (Å²) in [7, 11) is 0. The number of aromatic nitrogens is 3. The zero-order valence-corrected chi connectivity index (χ0v) is 8.83. The van der Waals surface area contributed by atoms with Gasteiger partial charge in [-0.3, -0.25) is 4.57 Å². The van der Waals surface area contributed by atoms with Crippen LogP contribution in [0, 0.1) is 25.5 Å². The number of pyridine rings is 1. The number of imidazole rings is 1. The van der Waals surface area contributed by atoms with E-state index >= 15 is 0 Å². The van der Waals surface area contributed by atoms with Gasteiger partial charge in [0.05, 0.1) is 5.69 Å². The highest BCUT2D eigenvalue weighted by atomic mass is 19.1. The summed E-state index contributed by atoms with van der Waals surface area (Å²) in [4.78, 5) is 7.67. The van der Waals surface area contributed by atoms with Crippen LogP contribution < -0.4 is 5.73 Å². The van der Waals surface area contributed by atoms with Crippen LogP contribution in [0.1, 0.15) is 11.4 Å². The van der Waals surface area contributed by atoms with Gasteiger partial charge in [-0.2, -0.15) is 0 Å². The third kappa shape index (κ3) is 1.52. The number of nitrogen functional groups attached to an aromatic ring is 1. The second-order valence-corrected chi connectivity index (χ2v) is 3.45. The van der Waals surface area contributed by atoms with Crippen molar-refractivity contribution in [1.82, 2.24) is 14.5 Å². The van der Waals surface area contributed by atoms with Crippen LogP contribution in [0.4, 0.5) is 14.6 Å². The second-order valence-electron chi connectivity index (χ2n) is 3.45. The fourth-order valence-electron chi connectivity index (χ4n) is 1.35. The largest absolute Gasteiger partial charge is 0.381 e. The van der Waals surface area contributed by atoms with Gasteiger partial charge in [0, 0.05) is 11.8 Å². The molecule has 0 spiro atoms. The van der Waals surface area contributed by atoms with E-state index in [-0.39, 0.29) is 11.6 Å². The SMILES string of the molecule is Cc1ncn(-c2nc(N)c(F)cc2F)c1C. The lowest BCUT2D eigenvalue weighted by Gasteiger charge is -2.07. The van der Waals surface area contributed by atoms with Gasteiger partial charge in [-0.1, -0.05) is 0 Å². The highest BCUT2D eigenvalue weighted by molar-refractivity contribution is 5.39. The van der Waals surface area contributed by atoms with Gasteiger partial charge in [-0.15, -0.1) is 0 Å². The van der Waals surface area contributed by atoms with Gasteiger partial charge in [0.2, 0.25) is 0 Å². The van der Waals surface area contributed by atoms with Crippen molar-refractivity contribution in [2.75, 3.05) is 5.73 Å². The molecule has 6 heteroatoms. The topological polar surface area (TPSA) is 56.7 Å². The third-order valence-electron chi connectivity index (χ3n) is 2.42. The van der Waals surface area contributed by atoms with Gasteiger partial charge >= 0.3 is 0 Å². The number of halogens is 2. The van der Waals surface area contributed by atoms with Gasteiger partial charge in [-0.05, 0) is 13.8 Å². The molecule has 0 aromatic carbocycles. The zero-order valence-electron chi connectivity index (χ0n) is 8.83. The van der Waals surface area contributed by atoms with Crippen LogP contribution in [-0.4, -0.2) is 14.5 Å². The Morgan fingerprint density at radius 2 is 1.94 bits per heavy atom. The van der Waals surface area contributed by atoms with E-state index in [4.69, 9.17) is 5.73 Å². The summed E-state index contributed by atoms with van der Waals surface area (Å²) in [5.74, 6) is -2.01. The number of anilines is 1. The van der Waals surface area contributed by atoms with Crippen molar-refractivity contribution in [1.29, 1.82) is 0 Å². The molecule has 4 nitrogen and oxygen atoms in total. The monoisotopic (exact) mass is 224 g/mol. The van der Waals surface area contributed by atoms with Crippen LogP contribution in [0.3, 0.4) is 0 Å². The van der Waals surface area contributed by atoms with Crippen LogP contribution in [0.15, 0.2) is 12.4 Å². The fourth-order valence-corrected chi connectivity index (χ4v) is 1.35. The number of rotatable bonds is 1. The highest BCUT2D eigenvalue weighted by Crippen LogP contribution is 2.18. The molecule has 0 unspecified atom stereocenters. The molecule has 16 heavy (non-hydrogen) atoms. The van der Waals surface area contributed by atoms with Crippen LogP contribution in [0.5, 0.6) is 0 Å². The summed E-state index contributed by atoms with van der Waals surface area (Å²) >= 11 is 0. The Hall–Kier alpha value is -1.98. The van der Waals surface area contributed by atoms with Crippen molar-refractivity contribution in [3.8, 4) is 5.82 Å². The molecule has 0 aliphatic heterocycles. The smallest absolute Gasteiger partial charge is 0.176 e. The van der Waals surface area contributed by atoms with E-state index in [1.165, 1.54) is 10.9 Å². The minimum Gasteiger partial charge on any atom is -0.381 e. The predicted molar refractivity (Wildman–Crippen MR) is 55.2 cm³/mol. The average Bonchev–Trinajstić information content (AvgIpc) is 2.54. The van der Waals surface area contributed by atoms with Gasteiger partial charge in [0.1, 0.15) is 6.33 Å². The quantitative estimate of drug-likeness (QED) is 0.802. The molecule has 0 amide bonds. The van der Waals surface area contributed by atoms with E-state index < -0.39 is 11.6 Å². The molecule has 2 aromatic heterocycles. The first-order chi connectivity index (χ1) is 7.50. The van der Waals surface area contributed by atoms with E-state index in [2.05, 4.69) is 9.97 Å². The first-order valence-electron chi connectivity index (χ1n) is 4.63. The minimum absolute atomic E-state index is 0.0444. The van der Waals surface area contributed by atoms with E-state index in [0.29, 0.717) is 6.07 Å². The number of hydrogen-bond acceptors (Lipinski definition) is 3. The standard InChI is InChI=1S/C10H10F2N4/c1-5-6(2)16(4-14-5)10-8(12)3-7(11)9(13)15-10/h3-4H,1-2H3,(H2,13,15). The minimum atomic E-state index is -0.865. The molecule has 2 heterocycles. The molecule has 2 N–H and O–H groups in total. The first-order valence-corrected chi connectivity index (χ1v) is 4.63. The molecule has 0 bridgehead atoms. The van der Waals surface area contributed by atoms with Crippen LogP contribution in [-0.2, 0) is 0 Å². The Balaban J connectivity index is 2.65.